The van der Waals surface area contributed by atoms with Gasteiger partial charge in [-0.1, -0.05) is 24.3 Å². The van der Waals surface area contributed by atoms with Crippen molar-refractivity contribution < 1.29 is 13.2 Å². The Morgan fingerprint density at radius 1 is 1.00 bits per heavy atom. The average Bonchev–Trinajstić information content (AvgIpc) is 2.73. The number of benzene rings is 2. The quantitative estimate of drug-likeness (QED) is 0.556. The molecule has 0 saturated heterocycles. The molecular weight excluding hydrogens is 374 g/mol. The second-order valence-corrected chi connectivity index (χ2v) is 7.85. The number of aromatic nitrogens is 1. The van der Waals surface area contributed by atoms with Gasteiger partial charge in [-0.05, 0) is 43.3 Å². The number of rotatable bonds is 9. The van der Waals surface area contributed by atoms with Crippen molar-refractivity contribution in [2.24, 2.45) is 0 Å². The van der Waals surface area contributed by atoms with Crippen molar-refractivity contribution in [3.05, 3.63) is 79.1 Å². The fourth-order valence-electron chi connectivity index (χ4n) is 2.77. The summed E-state index contributed by atoms with van der Waals surface area (Å²) in [5.74, 6) is 0.621. The van der Waals surface area contributed by atoms with E-state index in [1.807, 2.05) is 25.1 Å². The molecule has 0 saturated carbocycles. The predicted octanol–water partition coefficient (Wildman–Crippen LogP) is 3.79. The summed E-state index contributed by atoms with van der Waals surface area (Å²) in [6.45, 7) is 3.20. The zero-order valence-corrected chi connectivity index (χ0v) is 16.5. The molecule has 1 heterocycles. The lowest BCUT2D eigenvalue weighted by atomic mass is 10.3. The van der Waals surface area contributed by atoms with Crippen LogP contribution in [-0.2, 0) is 10.0 Å². The van der Waals surface area contributed by atoms with Gasteiger partial charge in [-0.25, -0.2) is 8.42 Å². The van der Waals surface area contributed by atoms with Crippen LogP contribution in [0.5, 0.6) is 5.75 Å². The maximum absolute atomic E-state index is 13.0. The van der Waals surface area contributed by atoms with Crippen LogP contribution in [0.15, 0.2) is 84.0 Å². The van der Waals surface area contributed by atoms with Crippen LogP contribution < -0.4 is 14.4 Å². The smallest absolute Gasteiger partial charge is 0.264 e. The summed E-state index contributed by atoms with van der Waals surface area (Å²) in [5.41, 5.74) is 1.55. The third-order valence-corrected chi connectivity index (χ3v) is 6.02. The summed E-state index contributed by atoms with van der Waals surface area (Å²) in [6.07, 6.45) is 3.44. The molecule has 146 valence electrons. The predicted molar refractivity (Wildman–Crippen MR) is 111 cm³/mol. The van der Waals surface area contributed by atoms with Gasteiger partial charge in [0.1, 0.15) is 12.4 Å². The summed E-state index contributed by atoms with van der Waals surface area (Å²) < 4.78 is 33.1. The molecule has 0 aliphatic heterocycles. The standard InChI is InChI=1S/C21H23N3O3S/c1-2-24(28(25,26)21-9-4-3-5-10-21)19-7-6-8-20(17-19)27-16-15-23-18-11-13-22-14-12-18/h3-14,17H,2,15-16H2,1H3,(H,22,23). The highest BCUT2D eigenvalue weighted by Gasteiger charge is 2.23. The molecule has 0 bridgehead atoms. The second kappa shape index (κ2) is 9.23. The van der Waals surface area contributed by atoms with E-state index in [0.717, 1.165) is 5.69 Å². The SMILES string of the molecule is CCN(c1cccc(OCCNc2ccncc2)c1)S(=O)(=O)c1ccccc1. The summed E-state index contributed by atoms with van der Waals surface area (Å²) in [5, 5.41) is 3.24. The Bertz CT molecular complexity index is 980. The molecule has 0 aliphatic carbocycles. The van der Waals surface area contributed by atoms with E-state index in [1.165, 1.54) is 4.31 Å². The molecule has 0 spiro atoms. The first kappa shape index (κ1) is 19.7. The van der Waals surface area contributed by atoms with Gasteiger partial charge in [0.05, 0.1) is 10.6 Å². The van der Waals surface area contributed by atoms with Crippen LogP contribution >= 0.6 is 0 Å². The van der Waals surface area contributed by atoms with E-state index in [2.05, 4.69) is 10.3 Å². The number of nitrogens with zero attached hydrogens (tertiary/aromatic N) is 2. The molecule has 3 rings (SSSR count). The van der Waals surface area contributed by atoms with Gasteiger partial charge in [-0.3, -0.25) is 9.29 Å². The molecule has 0 amide bonds. The lowest BCUT2D eigenvalue weighted by molar-refractivity contribution is 0.333. The summed E-state index contributed by atoms with van der Waals surface area (Å²) >= 11 is 0. The Labute approximate surface area is 165 Å². The second-order valence-electron chi connectivity index (χ2n) is 5.99. The molecule has 28 heavy (non-hydrogen) atoms. The van der Waals surface area contributed by atoms with Crippen molar-refractivity contribution in [2.75, 3.05) is 29.3 Å². The zero-order chi connectivity index (χ0) is 19.8. The van der Waals surface area contributed by atoms with Gasteiger partial charge in [0.25, 0.3) is 10.0 Å². The van der Waals surface area contributed by atoms with Gasteiger partial charge in [0.15, 0.2) is 0 Å². The number of nitrogens with one attached hydrogen (secondary N) is 1. The monoisotopic (exact) mass is 397 g/mol. The van der Waals surface area contributed by atoms with E-state index in [4.69, 9.17) is 4.74 Å². The van der Waals surface area contributed by atoms with E-state index in [0.29, 0.717) is 31.1 Å². The van der Waals surface area contributed by atoms with Gasteiger partial charge >= 0.3 is 0 Å². The number of anilines is 2. The summed E-state index contributed by atoms with van der Waals surface area (Å²) in [4.78, 5) is 4.24. The minimum absolute atomic E-state index is 0.268. The van der Waals surface area contributed by atoms with E-state index in [1.54, 1.807) is 60.9 Å². The normalized spacial score (nSPS) is 11.0. The Hall–Kier alpha value is -3.06. The van der Waals surface area contributed by atoms with Crippen molar-refractivity contribution in [3.63, 3.8) is 0 Å². The summed E-state index contributed by atoms with van der Waals surface area (Å²) in [6, 6.07) is 19.3. The van der Waals surface area contributed by atoms with Crippen LogP contribution in [0.3, 0.4) is 0 Å². The Morgan fingerprint density at radius 2 is 1.75 bits per heavy atom. The highest BCUT2D eigenvalue weighted by molar-refractivity contribution is 7.92. The zero-order valence-electron chi connectivity index (χ0n) is 15.7. The van der Waals surface area contributed by atoms with E-state index < -0.39 is 10.0 Å². The van der Waals surface area contributed by atoms with Crippen molar-refractivity contribution in [2.45, 2.75) is 11.8 Å². The van der Waals surface area contributed by atoms with Crippen molar-refractivity contribution in [1.29, 1.82) is 0 Å². The molecule has 0 aliphatic rings. The molecule has 0 radical (unpaired) electrons. The lowest BCUT2D eigenvalue weighted by Gasteiger charge is -2.23. The molecule has 0 atom stereocenters. The minimum atomic E-state index is -3.62. The number of sulfonamides is 1. The van der Waals surface area contributed by atoms with Crippen LogP contribution in [0.25, 0.3) is 0 Å². The van der Waals surface area contributed by atoms with E-state index in [9.17, 15) is 8.42 Å². The first-order valence-corrected chi connectivity index (χ1v) is 10.5. The number of hydrogen-bond acceptors (Lipinski definition) is 5. The fraction of sp³-hybridized carbons (Fsp3) is 0.190. The number of pyridine rings is 1. The van der Waals surface area contributed by atoms with Crippen LogP contribution in [0.1, 0.15) is 6.92 Å². The number of hydrogen-bond donors (Lipinski definition) is 1. The molecule has 0 fully saturated rings. The van der Waals surface area contributed by atoms with Crippen LogP contribution in [0.2, 0.25) is 0 Å². The van der Waals surface area contributed by atoms with Gasteiger partial charge in [0, 0.05) is 37.2 Å². The molecule has 3 aromatic rings. The van der Waals surface area contributed by atoms with Gasteiger partial charge in [0.2, 0.25) is 0 Å². The Kier molecular flexibility index (Phi) is 6.49. The highest BCUT2D eigenvalue weighted by atomic mass is 32.2. The van der Waals surface area contributed by atoms with Crippen LogP contribution in [0.4, 0.5) is 11.4 Å². The Balaban J connectivity index is 1.67. The van der Waals surface area contributed by atoms with E-state index >= 15 is 0 Å². The fourth-order valence-corrected chi connectivity index (χ4v) is 4.26. The van der Waals surface area contributed by atoms with Crippen LogP contribution in [-0.4, -0.2) is 33.1 Å². The van der Waals surface area contributed by atoms with Gasteiger partial charge in [-0.15, -0.1) is 0 Å². The molecule has 2 aromatic carbocycles. The maximum Gasteiger partial charge on any atom is 0.264 e. The first-order chi connectivity index (χ1) is 13.6. The topological polar surface area (TPSA) is 71.5 Å². The average molecular weight is 398 g/mol. The number of ether oxygens (including phenoxy) is 1. The molecule has 1 N–H and O–H groups in total. The highest BCUT2D eigenvalue weighted by Crippen LogP contribution is 2.26. The summed E-state index contributed by atoms with van der Waals surface area (Å²) in [7, 11) is -3.62. The minimum Gasteiger partial charge on any atom is -0.492 e. The third kappa shape index (κ3) is 4.80. The molecule has 6 nitrogen and oxygen atoms in total. The van der Waals surface area contributed by atoms with Gasteiger partial charge in [-0.2, -0.15) is 0 Å². The first-order valence-electron chi connectivity index (χ1n) is 9.06. The largest absolute Gasteiger partial charge is 0.492 e. The lowest BCUT2D eigenvalue weighted by Crippen LogP contribution is -2.30. The molecule has 7 heteroatoms. The van der Waals surface area contributed by atoms with Crippen LogP contribution in [0, 0.1) is 0 Å². The maximum atomic E-state index is 13.0. The van der Waals surface area contributed by atoms with Crippen molar-refractivity contribution in [3.8, 4) is 5.75 Å². The van der Waals surface area contributed by atoms with Gasteiger partial charge < -0.3 is 10.1 Å². The molecular formula is C21H23N3O3S. The third-order valence-electron chi connectivity index (χ3n) is 4.10. The van der Waals surface area contributed by atoms with Crippen molar-refractivity contribution in [1.82, 2.24) is 4.98 Å². The Morgan fingerprint density at radius 3 is 2.46 bits per heavy atom. The molecule has 0 unspecified atom stereocenters. The molecule has 1 aromatic heterocycles. The van der Waals surface area contributed by atoms with E-state index in [-0.39, 0.29) is 4.90 Å². The van der Waals surface area contributed by atoms with Crippen molar-refractivity contribution >= 4 is 21.4 Å².